The standard InChI is InChI=1S/C5H6F4N/c6-4(7)1-2-10-3-5(4,8)9/h1-3H2/q-1. The minimum atomic E-state index is -3.93. The van der Waals surface area contributed by atoms with Gasteiger partial charge < -0.3 is 5.32 Å². The molecule has 0 bridgehead atoms. The third-order valence-electron chi connectivity index (χ3n) is 1.43. The number of hydrogen-bond acceptors (Lipinski definition) is 0. The fourth-order valence-electron chi connectivity index (χ4n) is 0.737. The highest BCUT2D eigenvalue weighted by Crippen LogP contribution is 2.41. The van der Waals surface area contributed by atoms with E-state index in [0.29, 0.717) is 0 Å². The summed E-state index contributed by atoms with van der Waals surface area (Å²) in [5.74, 6) is -7.78. The van der Waals surface area contributed by atoms with Gasteiger partial charge in [-0.15, -0.1) is 6.54 Å². The number of halogens is 4. The van der Waals surface area contributed by atoms with E-state index >= 15 is 0 Å². The van der Waals surface area contributed by atoms with Gasteiger partial charge in [-0.3, -0.25) is 0 Å². The molecule has 1 rings (SSSR count). The van der Waals surface area contributed by atoms with Crippen molar-refractivity contribution in [1.29, 1.82) is 0 Å². The molecule has 0 radical (unpaired) electrons. The van der Waals surface area contributed by atoms with Gasteiger partial charge in [0.15, 0.2) is 0 Å². The van der Waals surface area contributed by atoms with Crippen LogP contribution in [-0.4, -0.2) is 24.9 Å². The van der Waals surface area contributed by atoms with Gasteiger partial charge in [0.1, 0.15) is 0 Å². The third-order valence-corrected chi connectivity index (χ3v) is 1.43. The number of rotatable bonds is 0. The van der Waals surface area contributed by atoms with Crippen LogP contribution in [0.5, 0.6) is 0 Å². The van der Waals surface area contributed by atoms with E-state index in [9.17, 15) is 17.6 Å². The Bertz CT molecular complexity index is 118. The zero-order valence-electron chi connectivity index (χ0n) is 5.08. The Balaban J connectivity index is 2.70. The van der Waals surface area contributed by atoms with E-state index < -0.39 is 24.8 Å². The van der Waals surface area contributed by atoms with Crippen LogP contribution in [0.3, 0.4) is 0 Å². The van der Waals surface area contributed by atoms with Gasteiger partial charge in [0.05, 0.1) is 0 Å². The average molecular weight is 156 g/mol. The van der Waals surface area contributed by atoms with Crippen LogP contribution in [-0.2, 0) is 0 Å². The van der Waals surface area contributed by atoms with E-state index in [4.69, 9.17) is 0 Å². The second-order valence-electron chi connectivity index (χ2n) is 2.26. The van der Waals surface area contributed by atoms with Crippen molar-refractivity contribution < 1.29 is 17.6 Å². The summed E-state index contributed by atoms with van der Waals surface area (Å²) < 4.78 is 48.6. The zero-order chi connectivity index (χ0) is 7.83. The number of hydrogen-bond donors (Lipinski definition) is 0. The van der Waals surface area contributed by atoms with Gasteiger partial charge >= 0.3 is 5.92 Å². The highest BCUT2D eigenvalue weighted by atomic mass is 19.3. The van der Waals surface area contributed by atoms with Crippen molar-refractivity contribution in [3.05, 3.63) is 5.32 Å². The fourth-order valence-corrected chi connectivity index (χ4v) is 0.737. The topological polar surface area (TPSA) is 14.1 Å². The highest BCUT2D eigenvalue weighted by molar-refractivity contribution is 5.02. The summed E-state index contributed by atoms with van der Waals surface area (Å²) in [4.78, 5) is 0. The summed E-state index contributed by atoms with van der Waals surface area (Å²) in [6, 6.07) is 0. The SMILES string of the molecule is FC1(F)CC[N-]CC1(F)F. The average Bonchev–Trinajstić information content (AvgIpc) is 1.77. The molecule has 0 atom stereocenters. The largest absolute Gasteiger partial charge is 0.657 e. The van der Waals surface area contributed by atoms with E-state index in [-0.39, 0.29) is 6.54 Å². The fraction of sp³-hybridized carbons (Fsp3) is 1.00. The van der Waals surface area contributed by atoms with E-state index in [1.165, 1.54) is 0 Å². The molecule has 0 aromatic carbocycles. The molecular formula is C5H6F4N-. The van der Waals surface area contributed by atoms with Crippen LogP contribution in [0.25, 0.3) is 5.32 Å². The van der Waals surface area contributed by atoms with E-state index in [1.54, 1.807) is 0 Å². The Kier molecular flexibility index (Phi) is 1.62. The smallest absolute Gasteiger partial charge is 0.306 e. The molecule has 1 aliphatic rings. The molecule has 0 spiro atoms. The Morgan fingerprint density at radius 2 is 1.60 bits per heavy atom. The molecule has 0 aromatic rings. The highest BCUT2D eigenvalue weighted by Gasteiger charge is 2.53. The molecule has 1 fully saturated rings. The monoisotopic (exact) mass is 156 g/mol. The normalized spacial score (nSPS) is 30.0. The molecule has 60 valence electrons. The van der Waals surface area contributed by atoms with Crippen LogP contribution in [0, 0.1) is 0 Å². The molecule has 5 heteroatoms. The lowest BCUT2D eigenvalue weighted by Crippen LogP contribution is -2.47. The lowest BCUT2D eigenvalue weighted by atomic mass is 10.1. The molecule has 0 saturated carbocycles. The van der Waals surface area contributed by atoms with Gasteiger partial charge in [0.2, 0.25) is 0 Å². The molecule has 1 saturated heterocycles. The summed E-state index contributed by atoms with van der Waals surface area (Å²) >= 11 is 0. The number of piperidine rings is 1. The van der Waals surface area contributed by atoms with Crippen LogP contribution in [0.2, 0.25) is 0 Å². The lowest BCUT2D eigenvalue weighted by molar-refractivity contribution is -0.207. The quantitative estimate of drug-likeness (QED) is 0.476. The molecular weight excluding hydrogens is 150 g/mol. The Morgan fingerprint density at radius 3 is 1.90 bits per heavy atom. The molecule has 10 heavy (non-hydrogen) atoms. The van der Waals surface area contributed by atoms with Crippen molar-refractivity contribution in [2.24, 2.45) is 0 Å². The minimum absolute atomic E-state index is 0.164. The summed E-state index contributed by atoms with van der Waals surface area (Å²) in [6.45, 7) is -1.21. The molecule has 1 aliphatic heterocycles. The maximum atomic E-state index is 12.2. The first kappa shape index (κ1) is 7.78. The van der Waals surface area contributed by atoms with E-state index in [1.807, 2.05) is 0 Å². The molecule has 0 aromatic heterocycles. The number of alkyl halides is 4. The number of nitrogens with zero attached hydrogens (tertiary/aromatic N) is 1. The predicted octanol–water partition coefficient (Wildman–Crippen LogP) is 2.03. The van der Waals surface area contributed by atoms with Crippen molar-refractivity contribution in [3.8, 4) is 0 Å². The van der Waals surface area contributed by atoms with Gasteiger partial charge in [0, 0.05) is 0 Å². The van der Waals surface area contributed by atoms with Crippen LogP contribution in [0.4, 0.5) is 17.6 Å². The Labute approximate surface area is 55.4 Å². The van der Waals surface area contributed by atoms with Crippen molar-refractivity contribution >= 4 is 0 Å². The van der Waals surface area contributed by atoms with Gasteiger partial charge in [0.25, 0.3) is 5.92 Å². The van der Waals surface area contributed by atoms with Crippen molar-refractivity contribution in [2.75, 3.05) is 13.1 Å². The Morgan fingerprint density at radius 1 is 1.00 bits per heavy atom. The van der Waals surface area contributed by atoms with E-state index in [2.05, 4.69) is 5.32 Å². The van der Waals surface area contributed by atoms with Crippen molar-refractivity contribution in [1.82, 2.24) is 0 Å². The molecule has 1 nitrogen and oxygen atoms in total. The lowest BCUT2D eigenvalue weighted by Gasteiger charge is -2.38. The van der Waals surface area contributed by atoms with Crippen molar-refractivity contribution in [3.63, 3.8) is 0 Å². The first-order valence-electron chi connectivity index (χ1n) is 2.85. The maximum Gasteiger partial charge on any atom is 0.306 e. The molecule has 0 aliphatic carbocycles. The summed E-state index contributed by atoms with van der Waals surface area (Å²) in [5, 5.41) is 3.20. The first-order chi connectivity index (χ1) is 4.46. The first-order valence-corrected chi connectivity index (χ1v) is 2.85. The van der Waals surface area contributed by atoms with Gasteiger partial charge in [-0.2, -0.15) is 0 Å². The molecule has 1 heterocycles. The van der Waals surface area contributed by atoms with Crippen LogP contribution >= 0.6 is 0 Å². The zero-order valence-corrected chi connectivity index (χ0v) is 5.08. The second kappa shape index (κ2) is 2.08. The molecule has 0 amide bonds. The van der Waals surface area contributed by atoms with Gasteiger partial charge in [-0.05, 0) is 6.42 Å². The van der Waals surface area contributed by atoms with Crippen LogP contribution in [0.15, 0.2) is 0 Å². The maximum absolute atomic E-state index is 12.2. The Hall–Kier alpha value is -0.320. The summed E-state index contributed by atoms with van der Waals surface area (Å²) in [5.41, 5.74) is 0. The molecule has 0 unspecified atom stereocenters. The third kappa shape index (κ3) is 1.10. The summed E-state index contributed by atoms with van der Waals surface area (Å²) in [6.07, 6.45) is -0.833. The predicted molar refractivity (Wildman–Crippen MR) is 27.6 cm³/mol. The second-order valence-corrected chi connectivity index (χ2v) is 2.26. The van der Waals surface area contributed by atoms with Gasteiger partial charge in [-0.1, -0.05) is 6.54 Å². The minimum Gasteiger partial charge on any atom is -0.657 e. The van der Waals surface area contributed by atoms with Crippen molar-refractivity contribution in [2.45, 2.75) is 18.3 Å². The molecule has 0 N–H and O–H groups in total. The van der Waals surface area contributed by atoms with Crippen LogP contribution < -0.4 is 0 Å². The summed E-state index contributed by atoms with van der Waals surface area (Å²) in [7, 11) is 0. The van der Waals surface area contributed by atoms with Gasteiger partial charge in [-0.25, -0.2) is 17.6 Å². The van der Waals surface area contributed by atoms with Crippen LogP contribution in [0.1, 0.15) is 6.42 Å². The van der Waals surface area contributed by atoms with E-state index in [0.717, 1.165) is 0 Å².